The Kier molecular flexibility index (Phi) is 14.0. The molecule has 8 heteroatoms. The van der Waals surface area contributed by atoms with Crippen molar-refractivity contribution < 1.29 is 0 Å². The molecule has 0 spiro atoms. The van der Waals surface area contributed by atoms with Gasteiger partial charge in [0.25, 0.3) is 6.71 Å². The van der Waals surface area contributed by atoms with Gasteiger partial charge in [-0.05, 0) is 153 Å². The lowest BCUT2D eigenvalue weighted by Crippen LogP contribution is -2.64. The molecule has 15 aromatic rings. The van der Waals surface area contributed by atoms with Crippen LogP contribution in [0.4, 0.5) is 85.3 Å². The molecule has 0 radical (unpaired) electrons. The van der Waals surface area contributed by atoms with Crippen LogP contribution in [-0.2, 0) is 0 Å². The zero-order valence-corrected chi connectivity index (χ0v) is 54.3. The number of fused-ring (bicyclic) bond motifs is 8. The van der Waals surface area contributed by atoms with Crippen molar-refractivity contribution in [3.8, 4) is 33.4 Å². The van der Waals surface area contributed by atoms with Crippen LogP contribution >= 0.6 is 11.8 Å². The van der Waals surface area contributed by atoms with Gasteiger partial charge in [0.2, 0.25) is 6.71 Å². The Morgan fingerprint density at radius 2 is 0.612 bits per heavy atom. The average Bonchev–Trinajstić information content (AvgIpc) is 0.677. The van der Waals surface area contributed by atoms with Crippen molar-refractivity contribution in [3.63, 3.8) is 0 Å². The molecule has 0 atom stereocenters. The normalized spacial score (nSPS) is 12.8. The number of hydrogen-bond acceptors (Lipinski definition) is 6. The number of hydrogen-bond donors (Lipinski definition) is 0. The summed E-state index contributed by atoms with van der Waals surface area (Å²) in [5.74, 6) is 0. The van der Waals surface area contributed by atoms with Gasteiger partial charge >= 0.3 is 0 Å². The van der Waals surface area contributed by atoms with Gasteiger partial charge in [-0.25, -0.2) is 0 Å². The van der Waals surface area contributed by atoms with Crippen molar-refractivity contribution in [1.29, 1.82) is 0 Å². The molecule has 0 aromatic heterocycles. The maximum absolute atomic E-state index is 2.66. The first kappa shape index (κ1) is 57.2. The zero-order chi connectivity index (χ0) is 64.6. The molecule has 0 fully saturated rings. The Labute approximate surface area is 577 Å². The molecule has 458 valence electrons. The van der Waals surface area contributed by atoms with Gasteiger partial charge in [0.1, 0.15) is 0 Å². The molecule has 0 bridgehead atoms. The summed E-state index contributed by atoms with van der Waals surface area (Å²) in [5, 5.41) is 0. The van der Waals surface area contributed by atoms with Crippen molar-refractivity contribution in [1.82, 2.24) is 0 Å². The van der Waals surface area contributed by atoms with E-state index in [0.29, 0.717) is 0 Å². The maximum Gasteiger partial charge on any atom is 0.252 e. The van der Waals surface area contributed by atoms with Crippen molar-refractivity contribution in [2.24, 2.45) is 0 Å². The minimum Gasteiger partial charge on any atom is -0.311 e. The molecule has 5 nitrogen and oxygen atoms in total. The summed E-state index contributed by atoms with van der Waals surface area (Å²) in [7, 11) is 0. The lowest BCUT2D eigenvalue weighted by molar-refractivity contribution is 1.21. The molecule has 4 heterocycles. The fraction of sp³-hybridized carbons (Fsp3) is 0. The second-order valence-corrected chi connectivity index (χ2v) is 26.6. The van der Waals surface area contributed by atoms with E-state index < -0.39 is 0 Å². The van der Waals surface area contributed by atoms with Crippen LogP contribution in [0.15, 0.2) is 380 Å². The first-order valence-electron chi connectivity index (χ1n) is 33.7. The molecule has 4 aliphatic heterocycles. The summed E-state index contributed by atoms with van der Waals surface area (Å²) < 4.78 is 0. The Morgan fingerprint density at radius 3 is 1.15 bits per heavy atom. The van der Waals surface area contributed by atoms with Crippen LogP contribution < -0.4 is 57.3 Å². The zero-order valence-electron chi connectivity index (χ0n) is 53.5. The highest BCUT2D eigenvalue weighted by Crippen LogP contribution is 2.55. The van der Waals surface area contributed by atoms with E-state index in [-0.39, 0.29) is 13.4 Å². The summed E-state index contributed by atoms with van der Waals surface area (Å²) in [5.41, 5.74) is 30.9. The van der Waals surface area contributed by atoms with Gasteiger partial charge in [0.15, 0.2) is 0 Å². The first-order chi connectivity index (χ1) is 48.7. The Bertz CT molecular complexity index is 5380. The van der Waals surface area contributed by atoms with Crippen LogP contribution in [0.2, 0.25) is 0 Å². The quantitative estimate of drug-likeness (QED) is 0.113. The van der Waals surface area contributed by atoms with Gasteiger partial charge in [-0.15, -0.1) is 0 Å². The standard InChI is InChI=1S/C90H61B2N5S/c1-9-32-62(33-10-1)72-48-25-28-53-79(72)96-82-61-81-77(92-76-52-27-30-55-86(76)98-87-59-71(58-85(89(87)92)95(81)69-46-23-8-24-47-69)94(67-42-19-6-20-43-67)68-44-21-7-22-45-68)60-78(82)91-75-51-26-29-54-80(75)97(90-73(63-34-11-2-12-35-63)49-31-50-74(90)64-36-13-3-14-37-64)84-57-70(56-83(96)88(84)91)93(65-38-15-4-16-39-65)66-40-17-5-18-41-66/h1-61H. The summed E-state index contributed by atoms with van der Waals surface area (Å²) in [4.78, 5) is 15.3. The maximum atomic E-state index is 2.66. The predicted octanol–water partition coefficient (Wildman–Crippen LogP) is 20.5. The molecule has 0 saturated carbocycles. The van der Waals surface area contributed by atoms with Gasteiger partial charge in [-0.2, -0.15) is 0 Å². The van der Waals surface area contributed by atoms with E-state index in [9.17, 15) is 0 Å². The van der Waals surface area contributed by atoms with Gasteiger partial charge in [-0.3, -0.25) is 0 Å². The van der Waals surface area contributed by atoms with E-state index in [1.807, 2.05) is 11.8 Å². The molecular weight excluding hydrogens is 1200 g/mol. The minimum atomic E-state index is -0.236. The topological polar surface area (TPSA) is 16.2 Å². The van der Waals surface area contributed by atoms with Crippen LogP contribution in [0.3, 0.4) is 0 Å². The number of rotatable bonds is 12. The van der Waals surface area contributed by atoms with Gasteiger partial charge in [0.05, 0.1) is 17.1 Å². The molecule has 0 saturated heterocycles. The third-order valence-corrected chi connectivity index (χ3v) is 21.1. The third-order valence-electron chi connectivity index (χ3n) is 20.0. The van der Waals surface area contributed by atoms with E-state index >= 15 is 0 Å². The lowest BCUT2D eigenvalue weighted by atomic mass is 9.30. The predicted molar refractivity (Wildman–Crippen MR) is 416 cm³/mol. The second-order valence-electron chi connectivity index (χ2n) is 25.5. The monoisotopic (exact) mass is 1270 g/mol. The highest BCUT2D eigenvalue weighted by Gasteiger charge is 2.49. The number of benzene rings is 15. The number of nitrogens with zero attached hydrogens (tertiary/aromatic N) is 5. The molecule has 0 N–H and O–H groups in total. The van der Waals surface area contributed by atoms with E-state index in [1.54, 1.807) is 0 Å². The van der Waals surface area contributed by atoms with Crippen molar-refractivity contribution in [3.05, 3.63) is 370 Å². The largest absolute Gasteiger partial charge is 0.311 e. The van der Waals surface area contributed by atoms with Crippen LogP contribution in [0.25, 0.3) is 33.4 Å². The van der Waals surface area contributed by atoms with E-state index in [1.165, 1.54) is 42.6 Å². The molecule has 4 aliphatic rings. The molecule has 19 rings (SSSR count). The van der Waals surface area contributed by atoms with Crippen LogP contribution in [0.5, 0.6) is 0 Å². The van der Waals surface area contributed by atoms with Gasteiger partial charge in [-0.1, -0.05) is 278 Å². The SMILES string of the molecule is c1ccc(-c2ccccc2N2c3cc4c(cc3B3c5ccccc5N(c5c(-c6ccccc6)cccc5-c5ccccc5)c5cc(N(c6ccccc6)c6ccccc6)cc2c53)B2c3ccccc3Sc3cc(N(c5ccccc5)c5ccccc5)cc(c32)N4c2ccccc2)cc1. The van der Waals surface area contributed by atoms with Crippen molar-refractivity contribution in [2.45, 2.75) is 9.79 Å². The van der Waals surface area contributed by atoms with E-state index in [2.05, 4.69) is 395 Å². The smallest absolute Gasteiger partial charge is 0.252 e. The fourth-order valence-corrected chi connectivity index (χ4v) is 17.1. The molecule has 15 aromatic carbocycles. The first-order valence-corrected chi connectivity index (χ1v) is 34.5. The highest BCUT2D eigenvalue weighted by molar-refractivity contribution is 8.00. The van der Waals surface area contributed by atoms with Crippen LogP contribution in [-0.4, -0.2) is 13.4 Å². The number of para-hydroxylation sites is 8. The summed E-state index contributed by atoms with van der Waals surface area (Å²) in [6.07, 6.45) is 0. The summed E-state index contributed by atoms with van der Waals surface area (Å²) >= 11 is 1.89. The Hall–Kier alpha value is -12.2. The highest BCUT2D eigenvalue weighted by atomic mass is 32.2. The lowest BCUT2D eigenvalue weighted by Gasteiger charge is -2.47. The van der Waals surface area contributed by atoms with E-state index in [0.717, 1.165) is 119 Å². The second kappa shape index (κ2) is 23.9. The summed E-state index contributed by atoms with van der Waals surface area (Å²) in [6.45, 7) is -0.353. The molecule has 98 heavy (non-hydrogen) atoms. The average molecular weight is 1270 g/mol. The van der Waals surface area contributed by atoms with Gasteiger partial charge in [0, 0.05) is 94.7 Å². The number of anilines is 15. The van der Waals surface area contributed by atoms with Crippen LogP contribution in [0.1, 0.15) is 0 Å². The van der Waals surface area contributed by atoms with Gasteiger partial charge < -0.3 is 24.5 Å². The van der Waals surface area contributed by atoms with Crippen molar-refractivity contribution in [2.75, 3.05) is 24.5 Å². The van der Waals surface area contributed by atoms with Crippen LogP contribution in [0, 0.1) is 0 Å². The Balaban J connectivity index is 0.958. The molecule has 0 unspecified atom stereocenters. The minimum absolute atomic E-state index is 0.117. The Morgan fingerprint density at radius 1 is 0.224 bits per heavy atom. The molecule has 0 aliphatic carbocycles. The summed E-state index contributed by atoms with van der Waals surface area (Å²) in [6, 6.07) is 137. The molecular formula is C90H61B2N5S. The molecule has 0 amide bonds. The van der Waals surface area contributed by atoms with E-state index in [4.69, 9.17) is 0 Å². The van der Waals surface area contributed by atoms with Crippen molar-refractivity contribution >= 4 is 143 Å². The fourth-order valence-electron chi connectivity index (χ4n) is 15.9. The third kappa shape index (κ3) is 9.43.